The third kappa shape index (κ3) is 3.30. The SMILES string of the molecule is CCNS1(C=C(C)C)C=CC(C2CCCCC2)=C1. The minimum atomic E-state index is -0.964. The van der Waals surface area contributed by atoms with E-state index in [1.165, 1.54) is 37.7 Å². The monoisotopic (exact) mass is 265 g/mol. The van der Waals surface area contributed by atoms with Crippen molar-refractivity contribution in [1.29, 1.82) is 0 Å². The number of hydrogen-bond acceptors (Lipinski definition) is 1. The first kappa shape index (κ1) is 14.0. The van der Waals surface area contributed by atoms with E-state index >= 15 is 0 Å². The summed E-state index contributed by atoms with van der Waals surface area (Å²) in [5.41, 5.74) is 3.01. The van der Waals surface area contributed by atoms with Gasteiger partial charge in [0.05, 0.1) is 0 Å². The van der Waals surface area contributed by atoms with Gasteiger partial charge in [0.25, 0.3) is 0 Å². The lowest BCUT2D eigenvalue weighted by atomic mass is 9.84. The zero-order chi connectivity index (χ0) is 13.0. The van der Waals surface area contributed by atoms with Gasteiger partial charge in [-0.25, -0.2) is 0 Å². The van der Waals surface area contributed by atoms with Gasteiger partial charge in [-0.15, -0.1) is 10.2 Å². The van der Waals surface area contributed by atoms with Crippen molar-refractivity contribution in [1.82, 2.24) is 4.72 Å². The smallest absolute Gasteiger partial charge is 0.00239 e. The molecular weight excluding hydrogens is 238 g/mol. The van der Waals surface area contributed by atoms with Gasteiger partial charge in [-0.3, -0.25) is 4.72 Å². The van der Waals surface area contributed by atoms with Gasteiger partial charge in [0.1, 0.15) is 0 Å². The van der Waals surface area contributed by atoms with Crippen molar-refractivity contribution < 1.29 is 0 Å². The average Bonchev–Trinajstić information content (AvgIpc) is 2.74. The van der Waals surface area contributed by atoms with Crippen LogP contribution < -0.4 is 4.72 Å². The molecule has 0 aromatic heterocycles. The molecule has 0 radical (unpaired) electrons. The molecule has 2 aliphatic rings. The maximum absolute atomic E-state index is 3.70. The summed E-state index contributed by atoms with van der Waals surface area (Å²) in [6.45, 7) is 7.64. The highest BCUT2D eigenvalue weighted by molar-refractivity contribution is 8.39. The highest BCUT2D eigenvalue weighted by Gasteiger charge is 2.25. The van der Waals surface area contributed by atoms with Crippen LogP contribution in [0.3, 0.4) is 0 Å². The van der Waals surface area contributed by atoms with Crippen LogP contribution in [0.1, 0.15) is 52.9 Å². The van der Waals surface area contributed by atoms with Crippen LogP contribution in [0.5, 0.6) is 0 Å². The normalized spacial score (nSPS) is 31.8. The maximum atomic E-state index is 3.70. The van der Waals surface area contributed by atoms with E-state index in [1.807, 2.05) is 0 Å². The fourth-order valence-electron chi connectivity index (χ4n) is 3.01. The van der Waals surface area contributed by atoms with Crippen molar-refractivity contribution in [3.63, 3.8) is 0 Å². The summed E-state index contributed by atoms with van der Waals surface area (Å²) in [6, 6.07) is 0. The van der Waals surface area contributed by atoms with E-state index in [1.54, 1.807) is 5.57 Å². The van der Waals surface area contributed by atoms with Gasteiger partial charge in [0, 0.05) is 6.54 Å². The largest absolute Gasteiger partial charge is 0.271 e. The van der Waals surface area contributed by atoms with Crippen LogP contribution in [0.2, 0.25) is 0 Å². The number of allylic oxidation sites excluding steroid dienone is 3. The molecule has 1 unspecified atom stereocenters. The topological polar surface area (TPSA) is 12.0 Å². The number of rotatable bonds is 4. The minimum absolute atomic E-state index is 0.827. The van der Waals surface area contributed by atoms with E-state index in [-0.39, 0.29) is 0 Å². The second kappa shape index (κ2) is 6.12. The summed E-state index contributed by atoms with van der Waals surface area (Å²) in [5, 5.41) is 7.40. The van der Waals surface area contributed by atoms with Gasteiger partial charge in [-0.2, -0.15) is 0 Å². The van der Waals surface area contributed by atoms with Crippen LogP contribution in [-0.2, 0) is 0 Å². The third-order valence-corrected chi connectivity index (χ3v) is 6.62. The molecule has 2 heteroatoms. The number of hydrogen-bond donors (Lipinski definition) is 1. The minimum Gasteiger partial charge on any atom is -0.271 e. The Morgan fingerprint density at radius 1 is 1.33 bits per heavy atom. The second-order valence-corrected chi connectivity index (χ2v) is 8.27. The summed E-state index contributed by atoms with van der Waals surface area (Å²) < 4.78 is 3.70. The zero-order valence-corrected chi connectivity index (χ0v) is 12.9. The standard InChI is InChI=1S/C16H27NS/c1-4-17-18(12-14(2)3)11-10-16(13-18)15-8-6-5-7-9-15/h10-13,15,17H,4-9H2,1-3H3. The first-order chi connectivity index (χ1) is 8.65. The predicted octanol–water partition coefficient (Wildman–Crippen LogP) is 5.23. The van der Waals surface area contributed by atoms with Gasteiger partial charge >= 0.3 is 0 Å². The number of nitrogens with one attached hydrogen (secondary N) is 1. The quantitative estimate of drug-likeness (QED) is 0.734. The fourth-order valence-corrected chi connectivity index (χ4v) is 5.88. The molecule has 1 saturated carbocycles. The van der Waals surface area contributed by atoms with Gasteiger partial charge in [0.2, 0.25) is 0 Å². The summed E-state index contributed by atoms with van der Waals surface area (Å²) in [4.78, 5) is 0. The van der Waals surface area contributed by atoms with Gasteiger partial charge in [-0.1, -0.05) is 37.8 Å². The van der Waals surface area contributed by atoms with E-state index in [2.05, 4.69) is 47.8 Å². The Morgan fingerprint density at radius 2 is 2.06 bits per heavy atom. The van der Waals surface area contributed by atoms with Crippen molar-refractivity contribution in [2.45, 2.75) is 52.9 Å². The molecule has 18 heavy (non-hydrogen) atoms. The predicted molar refractivity (Wildman–Crippen MR) is 84.5 cm³/mol. The Labute approximate surface area is 114 Å². The molecule has 0 spiro atoms. The molecule has 0 aromatic carbocycles. The lowest BCUT2D eigenvalue weighted by Gasteiger charge is -2.30. The highest BCUT2D eigenvalue weighted by atomic mass is 32.3. The van der Waals surface area contributed by atoms with E-state index in [0.717, 1.165) is 12.5 Å². The van der Waals surface area contributed by atoms with Crippen LogP contribution >= 0.6 is 10.2 Å². The molecular formula is C16H27NS. The van der Waals surface area contributed by atoms with Crippen LogP contribution in [0.15, 0.2) is 33.4 Å². The van der Waals surface area contributed by atoms with Crippen molar-refractivity contribution in [2.24, 2.45) is 5.92 Å². The molecule has 0 amide bonds. The lowest BCUT2D eigenvalue weighted by molar-refractivity contribution is 0.409. The summed E-state index contributed by atoms with van der Waals surface area (Å²) in [5.74, 6) is 0.827. The average molecular weight is 265 g/mol. The molecule has 1 heterocycles. The summed E-state index contributed by atoms with van der Waals surface area (Å²) >= 11 is 0. The van der Waals surface area contributed by atoms with E-state index in [9.17, 15) is 0 Å². The van der Waals surface area contributed by atoms with Gasteiger partial charge < -0.3 is 0 Å². The summed E-state index contributed by atoms with van der Waals surface area (Å²) in [7, 11) is -0.964. The lowest BCUT2D eigenvalue weighted by Crippen LogP contribution is -2.14. The molecule has 1 N–H and O–H groups in total. The molecule has 1 nitrogen and oxygen atoms in total. The second-order valence-electron chi connectivity index (χ2n) is 5.71. The molecule has 102 valence electrons. The van der Waals surface area contributed by atoms with Crippen LogP contribution in [0.25, 0.3) is 0 Å². The Bertz CT molecular complexity index is 371. The first-order valence-electron chi connectivity index (χ1n) is 7.28. The van der Waals surface area contributed by atoms with Crippen molar-refractivity contribution in [3.8, 4) is 0 Å². The van der Waals surface area contributed by atoms with E-state index < -0.39 is 10.2 Å². The molecule has 1 fully saturated rings. The zero-order valence-electron chi connectivity index (χ0n) is 12.0. The Balaban J connectivity index is 2.17. The molecule has 1 aliphatic carbocycles. The fraction of sp³-hybridized carbons (Fsp3) is 0.625. The van der Waals surface area contributed by atoms with Crippen LogP contribution in [0, 0.1) is 5.92 Å². The van der Waals surface area contributed by atoms with E-state index in [0.29, 0.717) is 0 Å². The van der Waals surface area contributed by atoms with Gasteiger partial charge in [0.15, 0.2) is 0 Å². The Hall–Kier alpha value is -0.470. The molecule has 1 aliphatic heterocycles. The van der Waals surface area contributed by atoms with Gasteiger partial charge in [-0.05, 0) is 54.4 Å². The van der Waals surface area contributed by atoms with Crippen molar-refractivity contribution in [2.75, 3.05) is 6.54 Å². The molecule has 0 saturated heterocycles. The third-order valence-electron chi connectivity index (χ3n) is 3.72. The summed E-state index contributed by atoms with van der Waals surface area (Å²) in [6.07, 6.45) is 9.46. The molecule has 0 bridgehead atoms. The van der Waals surface area contributed by atoms with Crippen molar-refractivity contribution >= 4 is 10.2 Å². The van der Waals surface area contributed by atoms with E-state index in [4.69, 9.17) is 0 Å². The Kier molecular flexibility index (Phi) is 4.74. The first-order valence-corrected chi connectivity index (χ1v) is 9.10. The molecule has 1 atom stereocenters. The maximum Gasteiger partial charge on any atom is 0.00239 e. The van der Waals surface area contributed by atoms with Crippen LogP contribution in [0.4, 0.5) is 0 Å². The Morgan fingerprint density at radius 3 is 2.67 bits per heavy atom. The molecule has 0 aromatic rings. The highest BCUT2D eigenvalue weighted by Crippen LogP contribution is 2.55. The van der Waals surface area contributed by atoms with Crippen molar-refractivity contribution in [3.05, 3.63) is 33.4 Å². The van der Waals surface area contributed by atoms with Crippen LogP contribution in [-0.4, -0.2) is 6.54 Å². The molecule has 2 rings (SSSR count).